The molecule has 2 rings (SSSR count). The Kier molecular flexibility index (Phi) is 7.15. The molecule has 0 spiro atoms. The van der Waals surface area contributed by atoms with Crippen molar-refractivity contribution >= 4 is 11.6 Å². The van der Waals surface area contributed by atoms with E-state index in [-0.39, 0.29) is 12.5 Å². The number of amides is 1. The quantitative estimate of drug-likeness (QED) is 0.740. The molecule has 2 aromatic carbocycles. The lowest BCUT2D eigenvalue weighted by molar-refractivity contribution is -0.118. The molecule has 0 fully saturated rings. The average Bonchev–Trinajstić information content (AvgIpc) is 2.61. The molecule has 128 valence electrons. The monoisotopic (exact) mass is 327 g/mol. The van der Waals surface area contributed by atoms with Gasteiger partial charge in [0, 0.05) is 5.69 Å². The molecule has 0 aliphatic rings. The van der Waals surface area contributed by atoms with Gasteiger partial charge in [0.25, 0.3) is 5.91 Å². The fourth-order valence-corrected chi connectivity index (χ4v) is 2.32. The molecule has 0 saturated carbocycles. The molecule has 0 aromatic heterocycles. The van der Waals surface area contributed by atoms with Gasteiger partial charge in [-0.05, 0) is 49.6 Å². The average molecular weight is 327 g/mol. The van der Waals surface area contributed by atoms with Crippen molar-refractivity contribution in [1.29, 1.82) is 0 Å². The number of rotatable bonds is 9. The van der Waals surface area contributed by atoms with Crippen LogP contribution in [0.25, 0.3) is 0 Å². The number of benzene rings is 2. The third-order valence-corrected chi connectivity index (χ3v) is 3.56. The molecule has 0 aliphatic heterocycles. The van der Waals surface area contributed by atoms with E-state index in [0.717, 1.165) is 12.1 Å². The van der Waals surface area contributed by atoms with E-state index >= 15 is 0 Å². The molecule has 4 heteroatoms. The number of aryl methyl sites for hydroxylation is 1. The highest BCUT2D eigenvalue weighted by Crippen LogP contribution is 2.26. The lowest BCUT2D eigenvalue weighted by atomic mass is 10.1. The summed E-state index contributed by atoms with van der Waals surface area (Å²) in [6, 6.07) is 15.3. The van der Waals surface area contributed by atoms with Crippen LogP contribution in [0.5, 0.6) is 11.5 Å². The van der Waals surface area contributed by atoms with Gasteiger partial charge in [-0.15, -0.1) is 0 Å². The largest absolute Gasteiger partial charge is 0.490 e. The summed E-state index contributed by atoms with van der Waals surface area (Å²) >= 11 is 0. The van der Waals surface area contributed by atoms with E-state index in [4.69, 9.17) is 9.47 Å². The molecular formula is C20H25NO3. The number of para-hydroxylation sites is 2. The molecule has 0 unspecified atom stereocenters. The Labute approximate surface area is 143 Å². The zero-order chi connectivity index (χ0) is 17.2. The van der Waals surface area contributed by atoms with E-state index in [0.29, 0.717) is 18.1 Å². The summed E-state index contributed by atoms with van der Waals surface area (Å²) < 4.78 is 11.0. The van der Waals surface area contributed by atoms with Gasteiger partial charge in [0.2, 0.25) is 0 Å². The molecule has 1 N–H and O–H groups in total. The molecule has 0 radical (unpaired) electrons. The lowest BCUT2D eigenvalue weighted by Gasteiger charge is -2.11. The maximum atomic E-state index is 12.0. The second-order valence-electron chi connectivity index (χ2n) is 5.52. The minimum atomic E-state index is -0.192. The highest BCUT2D eigenvalue weighted by Gasteiger charge is 2.07. The van der Waals surface area contributed by atoms with E-state index in [2.05, 4.69) is 24.4 Å². The second-order valence-corrected chi connectivity index (χ2v) is 5.52. The summed E-state index contributed by atoms with van der Waals surface area (Å²) in [6.07, 6.45) is 3.43. The number of carbonyl (C=O) groups is 1. The van der Waals surface area contributed by atoms with Gasteiger partial charge in [-0.1, -0.05) is 37.6 Å². The van der Waals surface area contributed by atoms with E-state index in [1.54, 1.807) is 6.07 Å². The van der Waals surface area contributed by atoms with Gasteiger partial charge < -0.3 is 14.8 Å². The molecular weight excluding hydrogens is 302 g/mol. The lowest BCUT2D eigenvalue weighted by Crippen LogP contribution is -2.20. The summed E-state index contributed by atoms with van der Waals surface area (Å²) in [7, 11) is 0. The van der Waals surface area contributed by atoms with E-state index in [1.807, 2.05) is 37.3 Å². The molecule has 0 atom stereocenters. The zero-order valence-electron chi connectivity index (χ0n) is 14.4. The normalized spacial score (nSPS) is 10.2. The van der Waals surface area contributed by atoms with Gasteiger partial charge in [-0.3, -0.25) is 4.79 Å². The minimum absolute atomic E-state index is 0.0539. The third kappa shape index (κ3) is 5.61. The van der Waals surface area contributed by atoms with Crippen molar-refractivity contribution in [2.75, 3.05) is 18.5 Å². The Bertz CT molecular complexity index is 638. The molecule has 24 heavy (non-hydrogen) atoms. The molecule has 1 amide bonds. The molecule has 0 saturated heterocycles. The van der Waals surface area contributed by atoms with Crippen LogP contribution in [-0.2, 0) is 11.2 Å². The summed E-state index contributed by atoms with van der Waals surface area (Å²) in [5.74, 6) is 1.03. The van der Waals surface area contributed by atoms with Crippen LogP contribution < -0.4 is 14.8 Å². The first kappa shape index (κ1) is 17.9. The Hall–Kier alpha value is -2.49. The highest BCUT2D eigenvalue weighted by atomic mass is 16.5. The van der Waals surface area contributed by atoms with Gasteiger partial charge in [0.15, 0.2) is 18.1 Å². The Balaban J connectivity index is 1.85. The summed E-state index contributed by atoms with van der Waals surface area (Å²) in [4.78, 5) is 12.0. The molecule has 0 aliphatic carbocycles. The SMILES string of the molecule is CCCCc1ccc(NC(=O)COc2ccccc2OCC)cc1. The predicted molar refractivity (Wildman–Crippen MR) is 96.8 cm³/mol. The van der Waals surface area contributed by atoms with Crippen LogP contribution in [0, 0.1) is 0 Å². The zero-order valence-corrected chi connectivity index (χ0v) is 14.4. The molecule has 4 nitrogen and oxygen atoms in total. The first-order chi connectivity index (χ1) is 11.7. The number of carbonyl (C=O) groups excluding carboxylic acids is 1. The minimum Gasteiger partial charge on any atom is -0.490 e. The van der Waals surface area contributed by atoms with E-state index in [9.17, 15) is 4.79 Å². The number of anilines is 1. The van der Waals surface area contributed by atoms with Crippen molar-refractivity contribution in [3.63, 3.8) is 0 Å². The van der Waals surface area contributed by atoms with Crippen molar-refractivity contribution in [2.24, 2.45) is 0 Å². The Morgan fingerprint density at radius 2 is 1.62 bits per heavy atom. The smallest absolute Gasteiger partial charge is 0.262 e. The molecule has 0 bridgehead atoms. The first-order valence-electron chi connectivity index (χ1n) is 8.46. The van der Waals surface area contributed by atoms with Crippen molar-refractivity contribution in [2.45, 2.75) is 33.1 Å². The van der Waals surface area contributed by atoms with Crippen molar-refractivity contribution < 1.29 is 14.3 Å². The van der Waals surface area contributed by atoms with Crippen LogP contribution in [0.15, 0.2) is 48.5 Å². The van der Waals surface area contributed by atoms with Crippen LogP contribution >= 0.6 is 0 Å². The van der Waals surface area contributed by atoms with Crippen LogP contribution in [0.1, 0.15) is 32.3 Å². The summed E-state index contributed by atoms with van der Waals surface area (Å²) in [5.41, 5.74) is 2.07. The highest BCUT2D eigenvalue weighted by molar-refractivity contribution is 5.91. The van der Waals surface area contributed by atoms with E-state index in [1.165, 1.54) is 18.4 Å². The number of hydrogen-bond acceptors (Lipinski definition) is 3. The van der Waals surface area contributed by atoms with Crippen LogP contribution in [-0.4, -0.2) is 19.1 Å². The van der Waals surface area contributed by atoms with Crippen molar-refractivity contribution in [1.82, 2.24) is 0 Å². The maximum Gasteiger partial charge on any atom is 0.262 e. The van der Waals surface area contributed by atoms with E-state index < -0.39 is 0 Å². The van der Waals surface area contributed by atoms with Crippen LogP contribution in [0.2, 0.25) is 0 Å². The Morgan fingerprint density at radius 3 is 2.25 bits per heavy atom. The van der Waals surface area contributed by atoms with Gasteiger partial charge in [0.1, 0.15) is 0 Å². The number of nitrogens with one attached hydrogen (secondary N) is 1. The topological polar surface area (TPSA) is 47.6 Å². The van der Waals surface area contributed by atoms with Gasteiger partial charge in [0.05, 0.1) is 6.61 Å². The van der Waals surface area contributed by atoms with Gasteiger partial charge >= 0.3 is 0 Å². The Morgan fingerprint density at radius 1 is 0.958 bits per heavy atom. The number of unbranched alkanes of at least 4 members (excludes halogenated alkanes) is 1. The van der Waals surface area contributed by atoms with Crippen LogP contribution in [0.4, 0.5) is 5.69 Å². The summed E-state index contributed by atoms with van der Waals surface area (Å²) in [5, 5.41) is 2.84. The second kappa shape index (κ2) is 9.60. The summed E-state index contributed by atoms with van der Waals surface area (Å²) in [6.45, 7) is 4.59. The molecule has 0 heterocycles. The number of ether oxygens (including phenoxy) is 2. The van der Waals surface area contributed by atoms with Crippen molar-refractivity contribution in [3.8, 4) is 11.5 Å². The predicted octanol–water partition coefficient (Wildman–Crippen LogP) is 4.45. The fourth-order valence-electron chi connectivity index (χ4n) is 2.32. The van der Waals surface area contributed by atoms with Gasteiger partial charge in [-0.25, -0.2) is 0 Å². The third-order valence-electron chi connectivity index (χ3n) is 3.56. The molecule has 2 aromatic rings. The van der Waals surface area contributed by atoms with Crippen LogP contribution in [0.3, 0.4) is 0 Å². The standard InChI is InChI=1S/C20H25NO3/c1-3-5-8-16-11-13-17(14-12-16)21-20(22)15-24-19-10-7-6-9-18(19)23-4-2/h6-7,9-14H,3-5,8,15H2,1-2H3,(H,21,22). The van der Waals surface area contributed by atoms with Crippen molar-refractivity contribution in [3.05, 3.63) is 54.1 Å². The fraction of sp³-hybridized carbons (Fsp3) is 0.350. The maximum absolute atomic E-state index is 12.0. The van der Waals surface area contributed by atoms with Gasteiger partial charge in [-0.2, -0.15) is 0 Å². The first-order valence-corrected chi connectivity index (χ1v) is 8.46. The number of hydrogen-bond donors (Lipinski definition) is 1.